The summed E-state index contributed by atoms with van der Waals surface area (Å²) in [5, 5.41) is 23.3. The monoisotopic (exact) mass is 276 g/mol. The van der Waals surface area contributed by atoms with Gasteiger partial charge in [-0.2, -0.15) is 0 Å². The molecule has 2 N–H and O–H groups in total. The Morgan fingerprint density at radius 3 is 2.35 bits per heavy atom. The van der Waals surface area contributed by atoms with Crippen molar-refractivity contribution in [3.05, 3.63) is 33.9 Å². The number of nitrogens with zero attached hydrogens (tertiary/aromatic N) is 1. The van der Waals surface area contributed by atoms with Crippen LogP contribution in [0.5, 0.6) is 0 Å². The average molecular weight is 276 g/mol. The van der Waals surface area contributed by atoms with Gasteiger partial charge in [-0.05, 0) is 49.7 Å². The van der Waals surface area contributed by atoms with Crippen LogP contribution in [0.4, 0.5) is 11.4 Å². The Hall–Kier alpha value is -2.11. The number of hydrogen-bond donors (Lipinski definition) is 2. The molecule has 0 amide bonds. The summed E-state index contributed by atoms with van der Waals surface area (Å²) in [5.74, 6) is 0.0756. The molecule has 0 heterocycles. The molecule has 0 unspecified atom stereocenters. The van der Waals surface area contributed by atoms with E-state index in [9.17, 15) is 14.9 Å². The van der Waals surface area contributed by atoms with Crippen molar-refractivity contribution in [2.45, 2.75) is 31.7 Å². The normalized spacial score (nSPS) is 18.1. The molecule has 2 aliphatic carbocycles. The first-order chi connectivity index (χ1) is 9.56. The molecule has 1 aromatic carbocycles. The molecule has 0 atom stereocenters. The molecule has 0 aliphatic heterocycles. The van der Waals surface area contributed by atoms with E-state index in [1.165, 1.54) is 37.8 Å². The standard InChI is InChI=1S/C14H16N2O4/c17-14(18)11-7-10(5-6-12(11)16(19)20)15-13(8-1-2-8)9-3-4-9/h5-9,13,15H,1-4H2,(H,17,18). The van der Waals surface area contributed by atoms with Crippen molar-refractivity contribution in [2.75, 3.05) is 5.32 Å². The van der Waals surface area contributed by atoms with E-state index in [1.54, 1.807) is 6.07 Å². The molecule has 1 aromatic rings. The largest absolute Gasteiger partial charge is 0.477 e. The Bertz CT molecular complexity index is 552. The number of anilines is 1. The van der Waals surface area contributed by atoms with Crippen molar-refractivity contribution in [3.63, 3.8) is 0 Å². The van der Waals surface area contributed by atoms with E-state index in [0.29, 0.717) is 23.6 Å². The number of hydrogen-bond acceptors (Lipinski definition) is 4. The Kier molecular flexibility index (Phi) is 3.08. The van der Waals surface area contributed by atoms with Crippen LogP contribution in [0.25, 0.3) is 0 Å². The first-order valence-corrected chi connectivity index (χ1v) is 6.84. The predicted octanol–water partition coefficient (Wildman–Crippen LogP) is 2.89. The van der Waals surface area contributed by atoms with E-state index in [1.807, 2.05) is 0 Å². The second kappa shape index (κ2) is 4.77. The second-order valence-electron chi connectivity index (χ2n) is 5.64. The van der Waals surface area contributed by atoms with E-state index in [-0.39, 0.29) is 11.3 Å². The molecule has 2 saturated carbocycles. The van der Waals surface area contributed by atoms with Crippen LogP contribution in [0.2, 0.25) is 0 Å². The molecule has 0 radical (unpaired) electrons. The van der Waals surface area contributed by atoms with Gasteiger partial charge in [-0.1, -0.05) is 0 Å². The number of carbonyl (C=O) groups is 1. The zero-order valence-corrected chi connectivity index (χ0v) is 10.9. The lowest BCUT2D eigenvalue weighted by Gasteiger charge is -2.19. The highest BCUT2D eigenvalue weighted by molar-refractivity contribution is 5.93. The summed E-state index contributed by atoms with van der Waals surface area (Å²) >= 11 is 0. The van der Waals surface area contributed by atoms with Crippen LogP contribution in [0.1, 0.15) is 36.0 Å². The van der Waals surface area contributed by atoms with Crippen molar-refractivity contribution in [3.8, 4) is 0 Å². The van der Waals surface area contributed by atoms with Crippen LogP contribution in [0, 0.1) is 22.0 Å². The van der Waals surface area contributed by atoms with Gasteiger partial charge in [0.1, 0.15) is 5.56 Å². The molecule has 2 aliphatic rings. The van der Waals surface area contributed by atoms with Crippen molar-refractivity contribution in [2.24, 2.45) is 11.8 Å². The Morgan fingerprint density at radius 2 is 1.90 bits per heavy atom. The fourth-order valence-electron chi connectivity index (χ4n) is 2.68. The van der Waals surface area contributed by atoms with Crippen molar-refractivity contribution >= 4 is 17.3 Å². The van der Waals surface area contributed by atoms with Gasteiger partial charge in [0.05, 0.1) is 4.92 Å². The van der Waals surface area contributed by atoms with Gasteiger partial charge < -0.3 is 10.4 Å². The summed E-state index contributed by atoms with van der Waals surface area (Å²) < 4.78 is 0. The average Bonchev–Trinajstić information content (AvgIpc) is 3.28. The Morgan fingerprint density at radius 1 is 1.30 bits per heavy atom. The summed E-state index contributed by atoms with van der Waals surface area (Å²) in [6, 6.07) is 4.63. The molecule has 106 valence electrons. The lowest BCUT2D eigenvalue weighted by molar-refractivity contribution is -0.385. The van der Waals surface area contributed by atoms with E-state index >= 15 is 0 Å². The third-order valence-corrected chi connectivity index (χ3v) is 4.02. The van der Waals surface area contributed by atoms with Crippen LogP contribution in [-0.2, 0) is 0 Å². The van der Waals surface area contributed by atoms with Gasteiger partial charge in [-0.25, -0.2) is 4.79 Å². The van der Waals surface area contributed by atoms with Crippen molar-refractivity contribution in [1.29, 1.82) is 0 Å². The van der Waals surface area contributed by atoms with E-state index in [0.717, 1.165) is 0 Å². The molecule has 0 aromatic heterocycles. The smallest absolute Gasteiger partial charge is 0.342 e. The van der Waals surface area contributed by atoms with Gasteiger partial charge in [0.15, 0.2) is 0 Å². The number of nitrogens with one attached hydrogen (secondary N) is 1. The van der Waals surface area contributed by atoms with Gasteiger partial charge in [0.25, 0.3) is 5.69 Å². The van der Waals surface area contributed by atoms with Crippen LogP contribution >= 0.6 is 0 Å². The molecule has 20 heavy (non-hydrogen) atoms. The zero-order chi connectivity index (χ0) is 14.3. The van der Waals surface area contributed by atoms with E-state index in [2.05, 4.69) is 5.32 Å². The number of carboxylic acid groups (broad SMARTS) is 1. The third-order valence-electron chi connectivity index (χ3n) is 4.02. The summed E-state index contributed by atoms with van der Waals surface area (Å²) in [4.78, 5) is 21.3. The van der Waals surface area contributed by atoms with Crippen molar-refractivity contribution < 1.29 is 14.8 Å². The van der Waals surface area contributed by atoms with Gasteiger partial charge in [0, 0.05) is 17.8 Å². The maximum absolute atomic E-state index is 11.1. The lowest BCUT2D eigenvalue weighted by atomic mass is 10.1. The van der Waals surface area contributed by atoms with Crippen LogP contribution in [0.15, 0.2) is 18.2 Å². The highest BCUT2D eigenvalue weighted by Crippen LogP contribution is 2.46. The molecule has 0 spiro atoms. The highest BCUT2D eigenvalue weighted by Gasteiger charge is 2.41. The number of benzene rings is 1. The topological polar surface area (TPSA) is 92.5 Å². The quantitative estimate of drug-likeness (QED) is 0.615. The Labute approximate surface area is 115 Å². The number of aromatic carboxylic acids is 1. The molecule has 6 nitrogen and oxygen atoms in total. The maximum atomic E-state index is 11.1. The van der Waals surface area contributed by atoms with Crippen LogP contribution < -0.4 is 5.32 Å². The highest BCUT2D eigenvalue weighted by atomic mass is 16.6. The van der Waals surface area contributed by atoms with Gasteiger partial charge in [-0.15, -0.1) is 0 Å². The first-order valence-electron chi connectivity index (χ1n) is 6.84. The fourth-order valence-corrected chi connectivity index (χ4v) is 2.68. The molecule has 2 fully saturated rings. The summed E-state index contributed by atoms with van der Waals surface area (Å²) in [6.07, 6.45) is 4.86. The third kappa shape index (κ3) is 2.59. The summed E-state index contributed by atoms with van der Waals surface area (Å²) in [5.41, 5.74) is 0.0413. The second-order valence-corrected chi connectivity index (χ2v) is 5.64. The van der Waals surface area contributed by atoms with Gasteiger partial charge in [-0.3, -0.25) is 10.1 Å². The number of nitro benzene ring substituents is 1. The minimum Gasteiger partial charge on any atom is -0.477 e. The maximum Gasteiger partial charge on any atom is 0.342 e. The number of carboxylic acids is 1. The van der Waals surface area contributed by atoms with E-state index in [4.69, 9.17) is 5.11 Å². The van der Waals surface area contributed by atoms with Gasteiger partial charge >= 0.3 is 5.97 Å². The predicted molar refractivity (Wildman–Crippen MR) is 72.9 cm³/mol. The molecule has 0 saturated heterocycles. The first kappa shape index (κ1) is 12.9. The SMILES string of the molecule is O=C(O)c1cc(NC(C2CC2)C2CC2)ccc1[N+](=O)[O-]. The fraction of sp³-hybridized carbons (Fsp3) is 0.500. The number of nitro groups is 1. The molecule has 3 rings (SSSR count). The molecule has 0 bridgehead atoms. The lowest BCUT2D eigenvalue weighted by Crippen LogP contribution is -2.24. The zero-order valence-electron chi connectivity index (χ0n) is 10.9. The van der Waals surface area contributed by atoms with Crippen molar-refractivity contribution in [1.82, 2.24) is 0 Å². The summed E-state index contributed by atoms with van der Waals surface area (Å²) in [6.45, 7) is 0. The molecule has 6 heteroatoms. The van der Waals surface area contributed by atoms with Crippen LogP contribution in [-0.4, -0.2) is 22.0 Å². The minimum absolute atomic E-state index is 0.259. The van der Waals surface area contributed by atoms with Gasteiger partial charge in [0.2, 0.25) is 0 Å². The molecular formula is C14H16N2O4. The number of rotatable bonds is 6. The van der Waals surface area contributed by atoms with E-state index < -0.39 is 10.9 Å². The summed E-state index contributed by atoms with van der Waals surface area (Å²) in [7, 11) is 0. The molecular weight excluding hydrogens is 260 g/mol. The van der Waals surface area contributed by atoms with Crippen LogP contribution in [0.3, 0.4) is 0 Å². The minimum atomic E-state index is -1.27. The Balaban J connectivity index is 1.84.